The fraction of sp³-hybridized carbons (Fsp3) is 1.00. The molecule has 13 heavy (non-hydrogen) atoms. The lowest BCUT2D eigenvalue weighted by atomic mass is 10.1. The molecule has 0 aromatic heterocycles. The summed E-state index contributed by atoms with van der Waals surface area (Å²) in [5.74, 6) is 2.88. The van der Waals surface area contributed by atoms with Crippen molar-refractivity contribution in [2.45, 2.75) is 53.0 Å². The molecule has 0 saturated heterocycles. The second-order valence-electron chi connectivity index (χ2n) is 6.02. The maximum absolute atomic E-state index is 3.59. The molecule has 1 N–H and O–H groups in total. The molecule has 1 aliphatic carbocycles. The van der Waals surface area contributed by atoms with Crippen molar-refractivity contribution in [1.82, 2.24) is 5.32 Å². The van der Waals surface area contributed by atoms with Gasteiger partial charge in [-0.3, -0.25) is 0 Å². The van der Waals surface area contributed by atoms with E-state index in [1.807, 2.05) is 0 Å². The molecule has 1 nitrogen and oxygen atoms in total. The molecule has 0 amide bonds. The van der Waals surface area contributed by atoms with Gasteiger partial charge in [0, 0.05) is 5.54 Å². The molecule has 1 rings (SSSR count). The highest BCUT2D eigenvalue weighted by Crippen LogP contribution is 2.42. The standard InChI is InChI=1S/C12H25N/c1-9(2)6-10-7-11(10)8-13-12(3,4)5/h9-11,13H,6-8H2,1-5H3. The van der Waals surface area contributed by atoms with Gasteiger partial charge in [-0.15, -0.1) is 0 Å². The number of rotatable bonds is 4. The van der Waals surface area contributed by atoms with Crippen molar-refractivity contribution in [3.05, 3.63) is 0 Å². The fourth-order valence-electron chi connectivity index (χ4n) is 1.89. The maximum atomic E-state index is 3.59. The minimum atomic E-state index is 0.297. The zero-order valence-corrected chi connectivity index (χ0v) is 9.85. The summed E-state index contributed by atoms with van der Waals surface area (Å²) in [7, 11) is 0. The Kier molecular flexibility index (Phi) is 3.39. The number of nitrogens with one attached hydrogen (secondary N) is 1. The van der Waals surface area contributed by atoms with Crippen LogP contribution in [0.25, 0.3) is 0 Å². The monoisotopic (exact) mass is 183 g/mol. The predicted octanol–water partition coefficient (Wildman–Crippen LogP) is 3.06. The Hall–Kier alpha value is -0.0400. The van der Waals surface area contributed by atoms with Gasteiger partial charge in [0.2, 0.25) is 0 Å². The first-order chi connectivity index (χ1) is 5.88. The second-order valence-corrected chi connectivity index (χ2v) is 6.02. The van der Waals surface area contributed by atoms with Gasteiger partial charge in [-0.1, -0.05) is 13.8 Å². The van der Waals surface area contributed by atoms with E-state index >= 15 is 0 Å². The number of hydrogen-bond donors (Lipinski definition) is 1. The van der Waals surface area contributed by atoms with E-state index in [9.17, 15) is 0 Å². The third-order valence-corrected chi connectivity index (χ3v) is 2.74. The van der Waals surface area contributed by atoms with Crippen LogP contribution in [-0.2, 0) is 0 Å². The summed E-state index contributed by atoms with van der Waals surface area (Å²) < 4.78 is 0. The minimum absolute atomic E-state index is 0.297. The van der Waals surface area contributed by atoms with E-state index in [0.717, 1.165) is 17.8 Å². The van der Waals surface area contributed by atoms with E-state index in [1.165, 1.54) is 19.4 Å². The van der Waals surface area contributed by atoms with Gasteiger partial charge in [0.25, 0.3) is 0 Å². The quantitative estimate of drug-likeness (QED) is 0.706. The van der Waals surface area contributed by atoms with Crippen molar-refractivity contribution >= 4 is 0 Å². The zero-order chi connectivity index (χ0) is 10.1. The van der Waals surface area contributed by atoms with E-state index in [4.69, 9.17) is 0 Å². The maximum Gasteiger partial charge on any atom is 0.00966 e. The van der Waals surface area contributed by atoms with Gasteiger partial charge in [-0.25, -0.2) is 0 Å². The molecular weight excluding hydrogens is 158 g/mol. The summed E-state index contributed by atoms with van der Waals surface area (Å²) in [6, 6.07) is 0. The van der Waals surface area contributed by atoms with E-state index in [-0.39, 0.29) is 0 Å². The van der Waals surface area contributed by atoms with Crippen molar-refractivity contribution in [1.29, 1.82) is 0 Å². The van der Waals surface area contributed by atoms with Gasteiger partial charge < -0.3 is 5.32 Å². The molecule has 1 heteroatoms. The summed E-state index contributed by atoms with van der Waals surface area (Å²) in [4.78, 5) is 0. The third kappa shape index (κ3) is 4.66. The molecule has 0 heterocycles. The van der Waals surface area contributed by atoms with E-state index in [1.54, 1.807) is 0 Å². The van der Waals surface area contributed by atoms with Crippen molar-refractivity contribution in [2.24, 2.45) is 17.8 Å². The smallest absolute Gasteiger partial charge is 0.00966 e. The first-order valence-electron chi connectivity index (χ1n) is 5.63. The second kappa shape index (κ2) is 4.00. The van der Waals surface area contributed by atoms with Gasteiger partial charge in [0.15, 0.2) is 0 Å². The topological polar surface area (TPSA) is 12.0 Å². The normalized spacial score (nSPS) is 28.2. The largest absolute Gasteiger partial charge is 0.312 e. The van der Waals surface area contributed by atoms with Crippen LogP contribution in [0.2, 0.25) is 0 Å². The summed E-state index contributed by atoms with van der Waals surface area (Å²) in [6.45, 7) is 12.6. The lowest BCUT2D eigenvalue weighted by Crippen LogP contribution is -2.37. The molecule has 2 unspecified atom stereocenters. The van der Waals surface area contributed by atoms with E-state index in [2.05, 4.69) is 39.9 Å². The molecule has 1 fully saturated rings. The Balaban J connectivity index is 2.08. The average molecular weight is 183 g/mol. The summed E-state index contributed by atoms with van der Waals surface area (Å²) in [5, 5.41) is 3.59. The molecule has 1 saturated carbocycles. The molecule has 1 aliphatic rings. The van der Waals surface area contributed by atoms with Crippen LogP contribution in [-0.4, -0.2) is 12.1 Å². The Morgan fingerprint density at radius 3 is 2.31 bits per heavy atom. The van der Waals surface area contributed by atoms with E-state index < -0.39 is 0 Å². The SMILES string of the molecule is CC(C)CC1CC1CNC(C)(C)C. The Morgan fingerprint density at radius 1 is 1.23 bits per heavy atom. The molecule has 0 aromatic rings. The van der Waals surface area contributed by atoms with Crippen LogP contribution in [0.1, 0.15) is 47.5 Å². The van der Waals surface area contributed by atoms with Crippen LogP contribution in [0, 0.1) is 17.8 Å². The average Bonchev–Trinajstić information content (AvgIpc) is 2.60. The predicted molar refractivity (Wildman–Crippen MR) is 58.8 cm³/mol. The summed E-state index contributed by atoms with van der Waals surface area (Å²) >= 11 is 0. The van der Waals surface area contributed by atoms with Crippen LogP contribution in [0.3, 0.4) is 0 Å². The fourth-order valence-corrected chi connectivity index (χ4v) is 1.89. The highest BCUT2D eigenvalue weighted by molar-refractivity contribution is 4.89. The summed E-state index contributed by atoms with van der Waals surface area (Å²) in [6.07, 6.45) is 2.89. The van der Waals surface area contributed by atoms with Crippen LogP contribution in [0.15, 0.2) is 0 Å². The third-order valence-electron chi connectivity index (χ3n) is 2.74. The summed E-state index contributed by atoms with van der Waals surface area (Å²) in [5.41, 5.74) is 0.297. The molecular formula is C12H25N. The van der Waals surface area contributed by atoms with Gasteiger partial charge in [0.1, 0.15) is 0 Å². The van der Waals surface area contributed by atoms with Crippen molar-refractivity contribution < 1.29 is 0 Å². The van der Waals surface area contributed by atoms with Crippen molar-refractivity contribution in [2.75, 3.05) is 6.54 Å². The molecule has 0 radical (unpaired) electrons. The van der Waals surface area contributed by atoms with Gasteiger partial charge >= 0.3 is 0 Å². The zero-order valence-electron chi connectivity index (χ0n) is 9.85. The van der Waals surface area contributed by atoms with Gasteiger partial charge in [-0.2, -0.15) is 0 Å². The van der Waals surface area contributed by atoms with Gasteiger partial charge in [-0.05, 0) is 57.9 Å². The van der Waals surface area contributed by atoms with Crippen LogP contribution in [0.5, 0.6) is 0 Å². The Morgan fingerprint density at radius 2 is 1.85 bits per heavy atom. The lowest BCUT2D eigenvalue weighted by Gasteiger charge is -2.20. The highest BCUT2D eigenvalue weighted by Gasteiger charge is 2.37. The minimum Gasteiger partial charge on any atom is -0.312 e. The van der Waals surface area contributed by atoms with Crippen molar-refractivity contribution in [3.63, 3.8) is 0 Å². The molecule has 78 valence electrons. The number of hydrogen-bond acceptors (Lipinski definition) is 1. The molecule has 0 bridgehead atoms. The Bertz CT molecular complexity index is 155. The first kappa shape index (κ1) is 11.0. The van der Waals surface area contributed by atoms with Gasteiger partial charge in [0.05, 0.1) is 0 Å². The first-order valence-corrected chi connectivity index (χ1v) is 5.63. The van der Waals surface area contributed by atoms with Crippen LogP contribution < -0.4 is 5.32 Å². The molecule has 2 atom stereocenters. The van der Waals surface area contributed by atoms with Crippen LogP contribution in [0.4, 0.5) is 0 Å². The van der Waals surface area contributed by atoms with Crippen molar-refractivity contribution in [3.8, 4) is 0 Å². The molecule has 0 spiro atoms. The van der Waals surface area contributed by atoms with Crippen LogP contribution >= 0.6 is 0 Å². The lowest BCUT2D eigenvalue weighted by molar-refractivity contribution is 0.401. The highest BCUT2D eigenvalue weighted by atomic mass is 15.0. The molecule has 0 aromatic carbocycles. The Labute approximate surface area is 83.3 Å². The molecule has 0 aliphatic heterocycles. The van der Waals surface area contributed by atoms with E-state index in [0.29, 0.717) is 5.54 Å².